The van der Waals surface area contributed by atoms with Crippen LogP contribution in [0.15, 0.2) is 18.5 Å². The first kappa shape index (κ1) is 23.2. The molecular weight excluding hydrogens is 420 g/mol. The van der Waals surface area contributed by atoms with Crippen LogP contribution in [-0.2, 0) is 6.54 Å². The predicted octanol–water partition coefficient (Wildman–Crippen LogP) is 2.29. The van der Waals surface area contributed by atoms with Crippen LogP contribution in [0.3, 0.4) is 0 Å². The summed E-state index contributed by atoms with van der Waals surface area (Å²) < 4.78 is 7.57. The van der Waals surface area contributed by atoms with Gasteiger partial charge in [0, 0.05) is 42.1 Å². The number of nitrogen functional groups attached to an aromatic ring is 1. The van der Waals surface area contributed by atoms with Gasteiger partial charge >= 0.3 is 0 Å². The van der Waals surface area contributed by atoms with Crippen molar-refractivity contribution in [2.45, 2.75) is 57.5 Å². The van der Waals surface area contributed by atoms with Crippen LogP contribution in [0.5, 0.6) is 5.75 Å². The van der Waals surface area contributed by atoms with Crippen LogP contribution in [0, 0.1) is 0 Å². The van der Waals surface area contributed by atoms with Gasteiger partial charge in [0.1, 0.15) is 16.8 Å². The van der Waals surface area contributed by atoms with E-state index in [-0.39, 0.29) is 18.6 Å². The van der Waals surface area contributed by atoms with Gasteiger partial charge in [-0.25, -0.2) is 4.98 Å². The Kier molecular flexibility index (Phi) is 7.56. The SMILES string of the molecule is CCC[C@@H](CCO)Nc1nc(N)nc2cnn(Cc3cnc(C4CCNCC4)cc3OC)c12. The van der Waals surface area contributed by atoms with Crippen LogP contribution >= 0.6 is 0 Å². The van der Waals surface area contributed by atoms with Gasteiger partial charge in [-0.15, -0.1) is 0 Å². The minimum atomic E-state index is 0.0846. The molecule has 4 rings (SSSR count). The third-order valence-electron chi connectivity index (χ3n) is 6.22. The van der Waals surface area contributed by atoms with Gasteiger partial charge in [0.05, 0.1) is 19.9 Å². The fourth-order valence-electron chi connectivity index (χ4n) is 4.52. The molecule has 1 fully saturated rings. The fourth-order valence-corrected chi connectivity index (χ4v) is 4.52. The average Bonchev–Trinajstić information content (AvgIpc) is 3.22. The molecule has 1 aliphatic rings. The number of pyridine rings is 1. The summed E-state index contributed by atoms with van der Waals surface area (Å²) in [6.45, 7) is 4.72. The molecule has 33 heavy (non-hydrogen) atoms. The van der Waals surface area contributed by atoms with E-state index in [9.17, 15) is 5.11 Å². The highest BCUT2D eigenvalue weighted by Crippen LogP contribution is 2.30. The van der Waals surface area contributed by atoms with Gasteiger partial charge in [-0.05, 0) is 38.8 Å². The number of rotatable bonds is 10. The van der Waals surface area contributed by atoms with Crippen molar-refractivity contribution in [2.75, 3.05) is 37.9 Å². The lowest BCUT2D eigenvalue weighted by Crippen LogP contribution is -2.27. The molecule has 0 aromatic carbocycles. The molecule has 5 N–H and O–H groups in total. The van der Waals surface area contributed by atoms with Gasteiger partial charge in [0.2, 0.25) is 5.95 Å². The molecule has 0 saturated carbocycles. The fraction of sp³-hybridized carbons (Fsp3) is 0.565. The zero-order valence-corrected chi connectivity index (χ0v) is 19.4. The van der Waals surface area contributed by atoms with E-state index in [1.54, 1.807) is 13.3 Å². The Morgan fingerprint density at radius 1 is 1.27 bits per heavy atom. The lowest BCUT2D eigenvalue weighted by molar-refractivity contribution is 0.276. The number of piperidine rings is 1. The van der Waals surface area contributed by atoms with Crippen molar-refractivity contribution in [3.05, 3.63) is 29.7 Å². The summed E-state index contributed by atoms with van der Waals surface area (Å²) in [6, 6.07) is 2.14. The van der Waals surface area contributed by atoms with Crippen LogP contribution in [0.2, 0.25) is 0 Å². The Morgan fingerprint density at radius 3 is 2.82 bits per heavy atom. The maximum Gasteiger partial charge on any atom is 0.222 e. The third-order valence-corrected chi connectivity index (χ3v) is 6.22. The van der Waals surface area contributed by atoms with E-state index in [0.717, 1.165) is 61.3 Å². The number of fused-ring (bicyclic) bond motifs is 1. The van der Waals surface area contributed by atoms with Gasteiger partial charge < -0.3 is 26.2 Å². The number of nitrogens with zero attached hydrogens (tertiary/aromatic N) is 5. The first-order chi connectivity index (χ1) is 16.1. The molecule has 0 radical (unpaired) electrons. The number of aromatic nitrogens is 5. The van der Waals surface area contributed by atoms with Gasteiger partial charge in [-0.2, -0.15) is 10.1 Å². The lowest BCUT2D eigenvalue weighted by Gasteiger charge is -2.23. The maximum atomic E-state index is 9.45. The summed E-state index contributed by atoms with van der Waals surface area (Å²) in [7, 11) is 1.69. The monoisotopic (exact) mass is 454 g/mol. The second-order valence-electron chi connectivity index (χ2n) is 8.55. The number of hydrogen-bond acceptors (Lipinski definition) is 9. The van der Waals surface area contributed by atoms with Crippen molar-refractivity contribution in [2.24, 2.45) is 0 Å². The molecular formula is C23H34N8O2. The molecule has 0 unspecified atom stereocenters. The summed E-state index contributed by atoms with van der Waals surface area (Å²) in [6.07, 6.45) is 8.29. The van der Waals surface area contributed by atoms with E-state index >= 15 is 0 Å². The largest absolute Gasteiger partial charge is 0.496 e. The molecule has 3 aromatic rings. The summed E-state index contributed by atoms with van der Waals surface area (Å²) in [5, 5.41) is 20.9. The summed E-state index contributed by atoms with van der Waals surface area (Å²) >= 11 is 0. The number of anilines is 2. The number of ether oxygens (including phenoxy) is 1. The molecule has 0 aliphatic carbocycles. The molecule has 10 nitrogen and oxygen atoms in total. The molecule has 1 atom stereocenters. The van der Waals surface area contributed by atoms with E-state index in [0.29, 0.717) is 30.2 Å². The van der Waals surface area contributed by atoms with Crippen LogP contribution < -0.4 is 21.1 Å². The standard InChI is InChI=1S/C23H34N8O2/c1-3-4-17(7-10-32)28-22-21-19(29-23(24)30-22)13-27-31(21)14-16-12-26-18(11-20(16)33-2)15-5-8-25-9-6-15/h11-13,15,17,25,32H,3-10,14H2,1-2H3,(H3,24,28,29,30)/t17-/m0/s1. The Labute approximate surface area is 194 Å². The van der Waals surface area contributed by atoms with Crippen LogP contribution in [0.4, 0.5) is 11.8 Å². The van der Waals surface area contributed by atoms with E-state index in [2.05, 4.69) is 38.7 Å². The number of nitrogens with one attached hydrogen (secondary N) is 2. The zero-order valence-electron chi connectivity index (χ0n) is 19.4. The Bertz CT molecular complexity index is 1060. The molecule has 0 bridgehead atoms. The minimum Gasteiger partial charge on any atom is -0.496 e. The lowest BCUT2D eigenvalue weighted by atomic mass is 9.93. The zero-order chi connectivity index (χ0) is 23.2. The molecule has 1 aliphatic heterocycles. The van der Waals surface area contributed by atoms with E-state index < -0.39 is 0 Å². The quantitative estimate of drug-likeness (QED) is 0.364. The van der Waals surface area contributed by atoms with Gasteiger partial charge in [-0.1, -0.05) is 13.3 Å². The minimum absolute atomic E-state index is 0.0846. The predicted molar refractivity (Wildman–Crippen MR) is 128 cm³/mol. The molecule has 1 saturated heterocycles. The highest BCUT2D eigenvalue weighted by Gasteiger charge is 2.20. The summed E-state index contributed by atoms with van der Waals surface area (Å²) in [5.41, 5.74) is 9.41. The maximum absolute atomic E-state index is 9.45. The van der Waals surface area contributed by atoms with Crippen LogP contribution in [-0.4, -0.2) is 62.7 Å². The number of aliphatic hydroxyl groups is 1. The number of hydrogen-bond donors (Lipinski definition) is 4. The van der Waals surface area contributed by atoms with Crippen molar-refractivity contribution in [1.82, 2.24) is 30.0 Å². The average molecular weight is 455 g/mol. The first-order valence-electron chi connectivity index (χ1n) is 11.7. The molecule has 3 aromatic heterocycles. The van der Waals surface area contributed by atoms with E-state index in [1.807, 2.05) is 10.9 Å². The Hall–Kier alpha value is -2.98. The van der Waals surface area contributed by atoms with Crippen molar-refractivity contribution in [3.63, 3.8) is 0 Å². The highest BCUT2D eigenvalue weighted by molar-refractivity contribution is 5.86. The molecule has 0 spiro atoms. The van der Waals surface area contributed by atoms with Crippen LogP contribution in [0.25, 0.3) is 11.0 Å². The molecule has 0 amide bonds. The normalized spacial score (nSPS) is 15.6. The number of aliphatic hydroxyl groups excluding tert-OH is 1. The topological polar surface area (TPSA) is 136 Å². The van der Waals surface area contributed by atoms with Crippen molar-refractivity contribution in [1.29, 1.82) is 0 Å². The smallest absolute Gasteiger partial charge is 0.222 e. The molecule has 178 valence electrons. The van der Waals surface area contributed by atoms with Gasteiger partial charge in [0.15, 0.2) is 5.82 Å². The second kappa shape index (κ2) is 10.8. The molecule has 4 heterocycles. The third kappa shape index (κ3) is 5.33. The molecule has 10 heteroatoms. The van der Waals surface area contributed by atoms with Crippen molar-refractivity contribution >= 4 is 22.8 Å². The summed E-state index contributed by atoms with van der Waals surface area (Å²) in [4.78, 5) is 13.6. The number of nitrogens with two attached hydrogens (primary N) is 1. The van der Waals surface area contributed by atoms with Crippen molar-refractivity contribution in [3.8, 4) is 5.75 Å². The first-order valence-corrected chi connectivity index (χ1v) is 11.7. The van der Waals surface area contributed by atoms with Crippen LogP contribution in [0.1, 0.15) is 56.2 Å². The van der Waals surface area contributed by atoms with Gasteiger partial charge in [-0.3, -0.25) is 9.67 Å². The Balaban J connectivity index is 1.64. The Morgan fingerprint density at radius 2 is 2.09 bits per heavy atom. The van der Waals surface area contributed by atoms with Gasteiger partial charge in [0.25, 0.3) is 0 Å². The summed E-state index contributed by atoms with van der Waals surface area (Å²) in [5.74, 6) is 2.07. The van der Waals surface area contributed by atoms with E-state index in [4.69, 9.17) is 15.5 Å². The second-order valence-corrected chi connectivity index (χ2v) is 8.55. The highest BCUT2D eigenvalue weighted by atomic mass is 16.5. The van der Waals surface area contributed by atoms with Crippen molar-refractivity contribution < 1.29 is 9.84 Å². The van der Waals surface area contributed by atoms with E-state index in [1.165, 1.54) is 0 Å². The number of methoxy groups -OCH3 is 1.